The Morgan fingerprint density at radius 2 is 2.05 bits per heavy atom. The van der Waals surface area contributed by atoms with E-state index >= 15 is 0 Å². The third-order valence-electron chi connectivity index (χ3n) is 4.67. The van der Waals surface area contributed by atoms with Crippen LogP contribution >= 0.6 is 0 Å². The molecule has 114 valence electrons. The third kappa shape index (κ3) is 3.87. The zero-order valence-corrected chi connectivity index (χ0v) is 12.3. The molecule has 0 bridgehead atoms. The average Bonchev–Trinajstić information content (AvgIpc) is 2.88. The Hall–Kier alpha value is -1.26. The number of carboxylic acid groups (broad SMARTS) is 1. The molecule has 5 heteroatoms. The lowest BCUT2D eigenvalue weighted by atomic mass is 9.81. The molecule has 2 aliphatic rings. The molecule has 1 saturated heterocycles. The number of nitrogens with one attached hydrogen (secondary N) is 1. The zero-order chi connectivity index (χ0) is 14.5. The summed E-state index contributed by atoms with van der Waals surface area (Å²) in [4.78, 5) is 24.5. The number of likely N-dealkylation sites (tertiary alicyclic amines) is 1. The van der Waals surface area contributed by atoms with Crippen LogP contribution in [0.15, 0.2) is 0 Å². The second-order valence-electron chi connectivity index (χ2n) is 6.35. The van der Waals surface area contributed by atoms with Crippen molar-refractivity contribution >= 4 is 12.0 Å². The fourth-order valence-electron chi connectivity index (χ4n) is 3.57. The van der Waals surface area contributed by atoms with E-state index in [-0.39, 0.29) is 6.03 Å². The van der Waals surface area contributed by atoms with E-state index in [0.717, 1.165) is 18.8 Å². The van der Waals surface area contributed by atoms with Gasteiger partial charge < -0.3 is 15.3 Å². The van der Waals surface area contributed by atoms with E-state index in [9.17, 15) is 9.59 Å². The van der Waals surface area contributed by atoms with Crippen molar-refractivity contribution in [3.05, 3.63) is 0 Å². The van der Waals surface area contributed by atoms with Crippen molar-refractivity contribution in [2.24, 2.45) is 11.8 Å². The largest absolute Gasteiger partial charge is 0.480 e. The van der Waals surface area contributed by atoms with Gasteiger partial charge in [0, 0.05) is 13.1 Å². The van der Waals surface area contributed by atoms with Gasteiger partial charge in [-0.3, -0.25) is 0 Å². The van der Waals surface area contributed by atoms with E-state index in [4.69, 9.17) is 5.11 Å². The lowest BCUT2D eigenvalue weighted by Gasteiger charge is -2.27. The third-order valence-corrected chi connectivity index (χ3v) is 4.67. The van der Waals surface area contributed by atoms with Gasteiger partial charge in [-0.25, -0.2) is 9.59 Å². The van der Waals surface area contributed by atoms with Gasteiger partial charge in [0.2, 0.25) is 0 Å². The molecule has 3 atom stereocenters. The fraction of sp³-hybridized carbons (Fsp3) is 0.867. The summed E-state index contributed by atoms with van der Waals surface area (Å²) in [5.74, 6) is 0.631. The molecule has 1 aliphatic carbocycles. The molecular weight excluding hydrogens is 256 g/mol. The first-order valence-corrected chi connectivity index (χ1v) is 7.85. The Kier molecular flexibility index (Phi) is 5.26. The number of carbonyl (C=O) groups is 2. The van der Waals surface area contributed by atoms with E-state index in [1.165, 1.54) is 30.6 Å². The number of rotatable bonds is 4. The second-order valence-corrected chi connectivity index (χ2v) is 6.35. The van der Waals surface area contributed by atoms with Crippen LogP contribution in [0, 0.1) is 11.8 Å². The number of hydrogen-bond acceptors (Lipinski definition) is 2. The molecule has 0 aromatic rings. The van der Waals surface area contributed by atoms with Crippen LogP contribution < -0.4 is 5.32 Å². The molecule has 0 aromatic carbocycles. The second kappa shape index (κ2) is 6.95. The van der Waals surface area contributed by atoms with Crippen molar-refractivity contribution in [2.45, 2.75) is 57.9 Å². The molecule has 5 nitrogen and oxygen atoms in total. The lowest BCUT2D eigenvalue weighted by molar-refractivity contribution is -0.141. The monoisotopic (exact) mass is 282 g/mol. The van der Waals surface area contributed by atoms with Gasteiger partial charge in [0.15, 0.2) is 0 Å². The molecular formula is C15H26N2O3. The van der Waals surface area contributed by atoms with Crippen LogP contribution in [0.4, 0.5) is 4.79 Å². The molecule has 1 aliphatic heterocycles. The van der Waals surface area contributed by atoms with Gasteiger partial charge >= 0.3 is 12.0 Å². The molecule has 2 fully saturated rings. The minimum Gasteiger partial charge on any atom is -0.480 e. The minimum atomic E-state index is -0.890. The molecule has 2 amide bonds. The number of aliphatic carboxylic acids is 1. The summed E-state index contributed by atoms with van der Waals surface area (Å²) in [6, 6.07) is -0.844. The Labute approximate surface area is 120 Å². The lowest BCUT2D eigenvalue weighted by Crippen LogP contribution is -2.46. The highest BCUT2D eigenvalue weighted by Gasteiger charge is 2.33. The number of urea groups is 1. The highest BCUT2D eigenvalue weighted by atomic mass is 16.4. The van der Waals surface area contributed by atoms with Gasteiger partial charge in [0.05, 0.1) is 0 Å². The van der Waals surface area contributed by atoms with Crippen LogP contribution in [0.2, 0.25) is 0 Å². The maximum atomic E-state index is 12.0. The molecule has 0 radical (unpaired) electrons. The Bertz CT molecular complexity index is 359. The fourth-order valence-corrected chi connectivity index (χ4v) is 3.57. The first-order valence-electron chi connectivity index (χ1n) is 7.85. The van der Waals surface area contributed by atoms with Gasteiger partial charge in [-0.1, -0.05) is 26.2 Å². The highest BCUT2D eigenvalue weighted by Crippen LogP contribution is 2.30. The molecule has 1 saturated carbocycles. The Morgan fingerprint density at radius 3 is 2.75 bits per heavy atom. The summed E-state index contributed by atoms with van der Waals surface area (Å²) < 4.78 is 0. The van der Waals surface area contributed by atoms with Crippen molar-refractivity contribution in [1.82, 2.24) is 10.2 Å². The Balaban J connectivity index is 1.71. The summed E-state index contributed by atoms with van der Waals surface area (Å²) in [5.41, 5.74) is 0. The molecule has 0 spiro atoms. The molecule has 0 aromatic heterocycles. The van der Waals surface area contributed by atoms with E-state index < -0.39 is 12.0 Å². The van der Waals surface area contributed by atoms with E-state index in [2.05, 4.69) is 12.2 Å². The Morgan fingerprint density at radius 1 is 1.25 bits per heavy atom. The van der Waals surface area contributed by atoms with Crippen LogP contribution in [0.25, 0.3) is 0 Å². The van der Waals surface area contributed by atoms with Gasteiger partial charge in [-0.2, -0.15) is 0 Å². The smallest absolute Gasteiger partial charge is 0.326 e. The molecule has 2 N–H and O–H groups in total. The van der Waals surface area contributed by atoms with Crippen molar-refractivity contribution in [3.8, 4) is 0 Å². The summed E-state index contributed by atoms with van der Waals surface area (Å²) in [6.07, 6.45) is 7.53. The quantitative estimate of drug-likeness (QED) is 0.832. The number of carboxylic acids is 1. The SMILES string of the molecule is CC1CCCC(CCNC(=O)N2CCC[C@H]2C(=O)O)C1. The van der Waals surface area contributed by atoms with E-state index in [0.29, 0.717) is 25.4 Å². The summed E-state index contributed by atoms with van der Waals surface area (Å²) in [7, 11) is 0. The topological polar surface area (TPSA) is 69.6 Å². The van der Waals surface area contributed by atoms with Crippen LogP contribution in [0.1, 0.15) is 51.9 Å². The van der Waals surface area contributed by atoms with Gasteiger partial charge in [0.25, 0.3) is 0 Å². The normalized spacial score (nSPS) is 30.2. The molecule has 2 unspecified atom stereocenters. The van der Waals surface area contributed by atoms with Crippen LogP contribution in [-0.2, 0) is 4.79 Å². The van der Waals surface area contributed by atoms with Crippen molar-refractivity contribution in [1.29, 1.82) is 0 Å². The maximum absolute atomic E-state index is 12.0. The maximum Gasteiger partial charge on any atom is 0.326 e. The summed E-state index contributed by atoms with van der Waals surface area (Å²) in [5, 5.41) is 12.0. The number of amides is 2. The van der Waals surface area contributed by atoms with Crippen LogP contribution in [-0.4, -0.2) is 41.1 Å². The van der Waals surface area contributed by atoms with Crippen molar-refractivity contribution < 1.29 is 14.7 Å². The minimum absolute atomic E-state index is 0.209. The predicted molar refractivity (Wildman–Crippen MR) is 76.5 cm³/mol. The van der Waals surface area contributed by atoms with Gasteiger partial charge in [-0.15, -0.1) is 0 Å². The standard InChI is InChI=1S/C15H26N2O3/c1-11-4-2-5-12(10-11)7-8-16-15(20)17-9-3-6-13(17)14(18)19/h11-13H,2-10H2,1H3,(H,16,20)(H,18,19)/t11?,12?,13-/m0/s1. The predicted octanol–water partition coefficient (Wildman–Crippen LogP) is 2.46. The van der Waals surface area contributed by atoms with Gasteiger partial charge in [-0.05, 0) is 37.5 Å². The number of nitrogens with zero attached hydrogens (tertiary/aromatic N) is 1. The highest BCUT2D eigenvalue weighted by molar-refractivity contribution is 5.83. The van der Waals surface area contributed by atoms with Crippen LogP contribution in [0.5, 0.6) is 0 Å². The first kappa shape index (κ1) is 15.1. The number of hydrogen-bond donors (Lipinski definition) is 2. The van der Waals surface area contributed by atoms with E-state index in [1.807, 2.05) is 0 Å². The number of carbonyl (C=O) groups excluding carboxylic acids is 1. The summed E-state index contributed by atoms with van der Waals surface area (Å²) in [6.45, 7) is 3.52. The van der Waals surface area contributed by atoms with E-state index in [1.54, 1.807) is 0 Å². The van der Waals surface area contributed by atoms with Crippen molar-refractivity contribution in [3.63, 3.8) is 0 Å². The zero-order valence-electron chi connectivity index (χ0n) is 12.3. The molecule has 1 heterocycles. The summed E-state index contributed by atoms with van der Waals surface area (Å²) >= 11 is 0. The van der Waals surface area contributed by atoms with Crippen molar-refractivity contribution in [2.75, 3.05) is 13.1 Å². The molecule has 20 heavy (non-hydrogen) atoms. The van der Waals surface area contributed by atoms with Gasteiger partial charge in [0.1, 0.15) is 6.04 Å². The first-order chi connectivity index (χ1) is 9.58. The van der Waals surface area contributed by atoms with Crippen LogP contribution in [0.3, 0.4) is 0 Å². The molecule has 2 rings (SSSR count). The average molecular weight is 282 g/mol.